The van der Waals surface area contributed by atoms with Gasteiger partial charge >= 0.3 is 0 Å². The molecular weight excluding hydrogens is 138 g/mol. The smallest absolute Gasteiger partial charge is 0.0863 e. The van der Waals surface area contributed by atoms with E-state index < -0.39 is 0 Å². The van der Waals surface area contributed by atoms with Crippen LogP contribution < -0.4 is 11.5 Å². The van der Waals surface area contributed by atoms with Crippen molar-refractivity contribution in [3.05, 3.63) is 35.8 Å². The monoisotopic (exact) mass is 151 g/mol. The molecule has 0 unspecified atom stereocenters. The quantitative estimate of drug-likeness (QED) is 0.465. The molecule has 0 fully saturated rings. The van der Waals surface area contributed by atoms with Gasteiger partial charge in [0.1, 0.15) is 0 Å². The van der Waals surface area contributed by atoms with Crippen molar-refractivity contribution < 1.29 is 0 Å². The predicted octanol–water partition coefficient (Wildman–Crippen LogP) is 0.906. The van der Waals surface area contributed by atoms with Crippen LogP contribution in [0.3, 0.4) is 0 Å². The Hall–Kier alpha value is -1.51. The third kappa shape index (κ3) is 2.71. The molecule has 0 heterocycles. The number of rotatable bonds is 3. The molecule has 0 aliphatic rings. The maximum atomic E-state index is 5.31. The molecular formula is C8H13N3. The van der Waals surface area contributed by atoms with Gasteiger partial charge in [-0.3, -0.25) is 4.99 Å². The second-order valence-corrected chi connectivity index (χ2v) is 1.83. The summed E-state index contributed by atoms with van der Waals surface area (Å²) in [5, 5.41) is 0. The van der Waals surface area contributed by atoms with Crippen LogP contribution >= 0.6 is 0 Å². The first kappa shape index (κ1) is 9.49. The average molecular weight is 151 g/mol. The van der Waals surface area contributed by atoms with Gasteiger partial charge in [0, 0.05) is 18.0 Å². The van der Waals surface area contributed by atoms with E-state index in [0.717, 1.165) is 5.57 Å². The third-order valence-electron chi connectivity index (χ3n) is 1.15. The molecule has 3 nitrogen and oxygen atoms in total. The third-order valence-corrected chi connectivity index (χ3v) is 1.15. The van der Waals surface area contributed by atoms with Crippen molar-refractivity contribution >= 4 is 6.72 Å². The molecule has 0 atom stereocenters. The number of allylic oxidation sites excluding steroid dienone is 2. The fraction of sp³-hybridized carbons (Fsp3) is 0.125. The Kier molecular flexibility index (Phi) is 4.56. The van der Waals surface area contributed by atoms with Crippen LogP contribution in [0.2, 0.25) is 0 Å². The minimum atomic E-state index is 0.589. The van der Waals surface area contributed by atoms with Crippen LogP contribution in [0.15, 0.2) is 40.8 Å². The van der Waals surface area contributed by atoms with Crippen molar-refractivity contribution in [2.45, 2.75) is 6.92 Å². The van der Waals surface area contributed by atoms with Crippen molar-refractivity contribution in [2.75, 3.05) is 0 Å². The topological polar surface area (TPSA) is 64.4 Å². The van der Waals surface area contributed by atoms with E-state index in [1.54, 1.807) is 0 Å². The molecule has 0 saturated carbocycles. The van der Waals surface area contributed by atoms with Crippen molar-refractivity contribution in [1.29, 1.82) is 0 Å². The molecule has 3 heteroatoms. The molecule has 4 N–H and O–H groups in total. The lowest BCUT2D eigenvalue weighted by atomic mass is 10.2. The summed E-state index contributed by atoms with van der Waals surface area (Å²) in [6.07, 6.45) is 6.47. The minimum absolute atomic E-state index is 0.589. The Bertz CT molecular complexity index is 211. The summed E-state index contributed by atoms with van der Waals surface area (Å²) < 4.78 is 0. The number of nitrogens with zero attached hydrogens (tertiary/aromatic N) is 1. The van der Waals surface area contributed by atoms with Crippen LogP contribution in [0.5, 0.6) is 0 Å². The molecule has 0 rings (SSSR count). The zero-order chi connectivity index (χ0) is 8.69. The average Bonchev–Trinajstić information content (AvgIpc) is 2.05. The number of hydrogen-bond donors (Lipinski definition) is 2. The van der Waals surface area contributed by atoms with Gasteiger partial charge in [-0.05, 0) is 13.6 Å². The summed E-state index contributed by atoms with van der Waals surface area (Å²) in [5.41, 5.74) is 11.9. The van der Waals surface area contributed by atoms with Gasteiger partial charge in [0.25, 0.3) is 0 Å². The highest BCUT2D eigenvalue weighted by Crippen LogP contribution is 2.09. The van der Waals surface area contributed by atoms with Gasteiger partial charge in [-0.15, -0.1) is 0 Å². The Morgan fingerprint density at radius 2 is 2.00 bits per heavy atom. The maximum absolute atomic E-state index is 5.31. The lowest BCUT2D eigenvalue weighted by molar-refractivity contribution is 1.30. The molecule has 0 aromatic rings. The second kappa shape index (κ2) is 5.29. The van der Waals surface area contributed by atoms with Crippen LogP contribution in [-0.4, -0.2) is 6.72 Å². The van der Waals surface area contributed by atoms with Gasteiger partial charge in [-0.25, -0.2) is 0 Å². The Labute approximate surface area is 66.8 Å². The minimum Gasteiger partial charge on any atom is -0.404 e. The molecule has 0 amide bonds. The summed E-state index contributed by atoms with van der Waals surface area (Å²) in [5.74, 6) is 0. The van der Waals surface area contributed by atoms with E-state index in [2.05, 4.69) is 11.7 Å². The molecule has 60 valence electrons. The van der Waals surface area contributed by atoms with Crippen molar-refractivity contribution in [2.24, 2.45) is 16.5 Å². The van der Waals surface area contributed by atoms with E-state index in [-0.39, 0.29) is 0 Å². The first-order chi connectivity index (χ1) is 5.29. The van der Waals surface area contributed by atoms with E-state index in [0.29, 0.717) is 5.70 Å². The Morgan fingerprint density at radius 1 is 1.36 bits per heavy atom. The molecule has 0 radical (unpaired) electrons. The predicted molar refractivity (Wildman–Crippen MR) is 48.9 cm³/mol. The molecule has 0 aromatic carbocycles. The fourth-order valence-electron chi connectivity index (χ4n) is 0.646. The zero-order valence-electron chi connectivity index (χ0n) is 6.62. The van der Waals surface area contributed by atoms with Gasteiger partial charge in [0.15, 0.2) is 0 Å². The SMILES string of the molecule is C=NC(=C/N)/C(/C=C\C)=C\N. The number of nitrogens with two attached hydrogens (primary N) is 2. The summed E-state index contributed by atoms with van der Waals surface area (Å²) in [6, 6.07) is 0. The summed E-state index contributed by atoms with van der Waals surface area (Å²) >= 11 is 0. The number of aliphatic imine (C=N–C) groups is 1. The van der Waals surface area contributed by atoms with Crippen molar-refractivity contribution in [3.8, 4) is 0 Å². The molecule has 0 aliphatic heterocycles. The zero-order valence-corrected chi connectivity index (χ0v) is 6.62. The lowest BCUT2D eigenvalue weighted by Gasteiger charge is -1.98. The molecule has 0 aliphatic carbocycles. The molecule has 11 heavy (non-hydrogen) atoms. The first-order valence-corrected chi connectivity index (χ1v) is 3.23. The lowest BCUT2D eigenvalue weighted by Crippen LogP contribution is -1.92. The maximum Gasteiger partial charge on any atom is 0.0863 e. The summed E-state index contributed by atoms with van der Waals surface area (Å²) in [6.45, 7) is 5.24. The first-order valence-electron chi connectivity index (χ1n) is 3.23. The molecule has 0 saturated heterocycles. The van der Waals surface area contributed by atoms with E-state index in [1.165, 1.54) is 12.4 Å². The van der Waals surface area contributed by atoms with Gasteiger partial charge in [0.05, 0.1) is 5.70 Å². The highest BCUT2D eigenvalue weighted by molar-refractivity contribution is 5.43. The summed E-state index contributed by atoms with van der Waals surface area (Å²) in [7, 11) is 0. The molecule has 0 aromatic heterocycles. The fourth-order valence-corrected chi connectivity index (χ4v) is 0.646. The highest BCUT2D eigenvalue weighted by atomic mass is 14.7. The van der Waals surface area contributed by atoms with Gasteiger partial charge in [-0.1, -0.05) is 12.2 Å². The standard InChI is InChI=1S/C8H13N3/c1-3-4-7(5-9)8(6-10)11-2/h3-6H,2,9-10H2,1H3/b4-3-,7-5-,8-6+. The van der Waals surface area contributed by atoms with E-state index >= 15 is 0 Å². The Balaban J connectivity index is 4.64. The van der Waals surface area contributed by atoms with Crippen LogP contribution in [0, 0.1) is 0 Å². The molecule has 0 bridgehead atoms. The second-order valence-electron chi connectivity index (χ2n) is 1.83. The van der Waals surface area contributed by atoms with Gasteiger partial charge in [-0.2, -0.15) is 0 Å². The van der Waals surface area contributed by atoms with Crippen LogP contribution in [0.4, 0.5) is 0 Å². The van der Waals surface area contributed by atoms with E-state index in [4.69, 9.17) is 11.5 Å². The number of hydrogen-bond acceptors (Lipinski definition) is 3. The van der Waals surface area contributed by atoms with E-state index in [9.17, 15) is 0 Å². The van der Waals surface area contributed by atoms with Crippen LogP contribution in [0.1, 0.15) is 6.92 Å². The summed E-state index contributed by atoms with van der Waals surface area (Å²) in [4.78, 5) is 3.68. The Morgan fingerprint density at radius 3 is 2.27 bits per heavy atom. The normalized spacial score (nSPS) is 13.9. The highest BCUT2D eigenvalue weighted by Gasteiger charge is 1.95. The van der Waals surface area contributed by atoms with Crippen molar-refractivity contribution in [3.63, 3.8) is 0 Å². The van der Waals surface area contributed by atoms with Gasteiger partial charge < -0.3 is 11.5 Å². The van der Waals surface area contributed by atoms with E-state index in [1.807, 2.05) is 19.1 Å². The van der Waals surface area contributed by atoms with Gasteiger partial charge in [0.2, 0.25) is 0 Å². The van der Waals surface area contributed by atoms with Crippen molar-refractivity contribution in [1.82, 2.24) is 0 Å². The molecule has 0 spiro atoms. The van der Waals surface area contributed by atoms with Crippen LogP contribution in [0.25, 0.3) is 0 Å². The van der Waals surface area contributed by atoms with Crippen LogP contribution in [-0.2, 0) is 0 Å². The largest absolute Gasteiger partial charge is 0.404 e.